The monoisotopic (exact) mass is 230 g/mol. The number of carboxylic acid groups (broad SMARTS) is 1. The number of aliphatic carboxylic acids is 1. The first-order chi connectivity index (χ1) is 7.59. The van der Waals surface area contributed by atoms with Crippen molar-refractivity contribution in [1.82, 2.24) is 10.2 Å². The number of nitrogens with one attached hydrogen (secondary N) is 1. The maximum absolute atomic E-state index is 11.5. The number of hydrogen-bond acceptors (Lipinski definition) is 3. The van der Waals surface area contributed by atoms with Gasteiger partial charge in [-0.1, -0.05) is 0 Å². The molecule has 0 aromatic heterocycles. The lowest BCUT2D eigenvalue weighted by molar-refractivity contribution is -0.136. The van der Waals surface area contributed by atoms with Crippen LogP contribution in [0.5, 0.6) is 0 Å². The van der Waals surface area contributed by atoms with E-state index < -0.39 is 5.97 Å². The van der Waals surface area contributed by atoms with Gasteiger partial charge < -0.3 is 20.1 Å². The van der Waals surface area contributed by atoms with Crippen LogP contribution < -0.4 is 5.32 Å². The fourth-order valence-electron chi connectivity index (χ4n) is 1.59. The minimum Gasteiger partial charge on any atom is -0.481 e. The first-order valence-corrected chi connectivity index (χ1v) is 5.42. The number of hydrogen-bond donors (Lipinski definition) is 2. The van der Waals surface area contributed by atoms with Gasteiger partial charge in [-0.25, -0.2) is 4.79 Å². The molecule has 16 heavy (non-hydrogen) atoms. The number of amides is 2. The van der Waals surface area contributed by atoms with Crippen LogP contribution in [0.1, 0.15) is 19.3 Å². The Morgan fingerprint density at radius 1 is 1.56 bits per heavy atom. The summed E-state index contributed by atoms with van der Waals surface area (Å²) in [6.45, 7) is 1.47. The lowest BCUT2D eigenvalue weighted by atomic mass is 10.2. The van der Waals surface area contributed by atoms with Crippen molar-refractivity contribution in [2.45, 2.75) is 25.4 Å². The molecule has 1 heterocycles. The third-order valence-corrected chi connectivity index (χ3v) is 2.46. The maximum atomic E-state index is 11.5. The molecule has 1 fully saturated rings. The van der Waals surface area contributed by atoms with Crippen LogP contribution in [0.2, 0.25) is 0 Å². The number of ether oxygens (including phenoxy) is 1. The zero-order valence-corrected chi connectivity index (χ0v) is 9.44. The van der Waals surface area contributed by atoms with Gasteiger partial charge in [-0.3, -0.25) is 4.79 Å². The van der Waals surface area contributed by atoms with Gasteiger partial charge in [0.15, 0.2) is 0 Å². The summed E-state index contributed by atoms with van der Waals surface area (Å²) < 4.78 is 5.40. The summed E-state index contributed by atoms with van der Waals surface area (Å²) in [6, 6.07) is -0.253. The van der Waals surface area contributed by atoms with Crippen molar-refractivity contribution < 1.29 is 19.4 Å². The van der Waals surface area contributed by atoms with Crippen molar-refractivity contribution in [3.63, 3.8) is 0 Å². The van der Waals surface area contributed by atoms with E-state index in [0.29, 0.717) is 6.54 Å². The van der Waals surface area contributed by atoms with Gasteiger partial charge in [0.2, 0.25) is 0 Å². The molecule has 1 unspecified atom stereocenters. The van der Waals surface area contributed by atoms with E-state index in [1.807, 2.05) is 0 Å². The van der Waals surface area contributed by atoms with Crippen LogP contribution in [-0.4, -0.2) is 54.9 Å². The third-order valence-electron chi connectivity index (χ3n) is 2.46. The van der Waals surface area contributed by atoms with Crippen molar-refractivity contribution in [3.8, 4) is 0 Å². The van der Waals surface area contributed by atoms with E-state index in [1.54, 1.807) is 7.05 Å². The SMILES string of the molecule is CN(CC1CCCO1)C(=O)NCCC(=O)O. The molecule has 1 aliphatic rings. The average molecular weight is 230 g/mol. The Morgan fingerprint density at radius 3 is 2.88 bits per heavy atom. The number of carboxylic acids is 1. The summed E-state index contributed by atoms with van der Waals surface area (Å²) >= 11 is 0. The first kappa shape index (κ1) is 12.8. The molecule has 6 heteroatoms. The van der Waals surface area contributed by atoms with Gasteiger partial charge in [0, 0.05) is 26.7 Å². The lowest BCUT2D eigenvalue weighted by Gasteiger charge is -2.20. The predicted molar refractivity (Wildman–Crippen MR) is 57.3 cm³/mol. The topological polar surface area (TPSA) is 78.9 Å². The highest BCUT2D eigenvalue weighted by Crippen LogP contribution is 2.12. The van der Waals surface area contributed by atoms with Crippen molar-refractivity contribution >= 4 is 12.0 Å². The van der Waals surface area contributed by atoms with Gasteiger partial charge in [-0.2, -0.15) is 0 Å². The summed E-state index contributed by atoms with van der Waals surface area (Å²) in [7, 11) is 1.68. The van der Waals surface area contributed by atoms with Crippen molar-refractivity contribution in [3.05, 3.63) is 0 Å². The van der Waals surface area contributed by atoms with Gasteiger partial charge >= 0.3 is 12.0 Å². The minimum absolute atomic E-state index is 0.0560. The Bertz CT molecular complexity index is 251. The fourth-order valence-corrected chi connectivity index (χ4v) is 1.59. The summed E-state index contributed by atoms with van der Waals surface area (Å²) in [5.41, 5.74) is 0. The Hall–Kier alpha value is -1.30. The van der Waals surface area contributed by atoms with Crippen molar-refractivity contribution in [2.24, 2.45) is 0 Å². The number of carbonyl (C=O) groups excluding carboxylic acids is 1. The number of urea groups is 1. The highest BCUT2D eigenvalue weighted by Gasteiger charge is 2.19. The largest absolute Gasteiger partial charge is 0.481 e. The molecular formula is C10H18N2O4. The highest BCUT2D eigenvalue weighted by atomic mass is 16.5. The van der Waals surface area contributed by atoms with Crippen LogP contribution in [0.4, 0.5) is 4.79 Å². The van der Waals surface area contributed by atoms with E-state index in [-0.39, 0.29) is 25.1 Å². The molecule has 0 spiro atoms. The third kappa shape index (κ3) is 4.48. The maximum Gasteiger partial charge on any atom is 0.317 e. The molecule has 1 atom stereocenters. The minimum atomic E-state index is -0.915. The second-order valence-corrected chi connectivity index (χ2v) is 3.89. The van der Waals surface area contributed by atoms with Gasteiger partial charge in [-0.15, -0.1) is 0 Å². The average Bonchev–Trinajstić information content (AvgIpc) is 2.69. The molecule has 0 saturated carbocycles. The molecule has 1 saturated heterocycles. The normalized spacial score (nSPS) is 19.4. The van der Waals surface area contributed by atoms with Gasteiger partial charge in [0.05, 0.1) is 12.5 Å². The Kier molecular flexibility index (Phi) is 5.04. The first-order valence-electron chi connectivity index (χ1n) is 5.42. The summed E-state index contributed by atoms with van der Waals surface area (Å²) in [4.78, 5) is 23.2. The van der Waals surface area contributed by atoms with Gasteiger partial charge in [0.25, 0.3) is 0 Å². The quantitative estimate of drug-likeness (QED) is 0.711. The molecule has 2 N–H and O–H groups in total. The highest BCUT2D eigenvalue weighted by molar-refractivity contribution is 5.75. The zero-order chi connectivity index (χ0) is 12.0. The molecule has 0 radical (unpaired) electrons. The summed E-state index contributed by atoms with van der Waals surface area (Å²) in [6.07, 6.45) is 2.08. The van der Waals surface area contributed by atoms with E-state index in [4.69, 9.17) is 9.84 Å². The molecule has 1 aliphatic heterocycles. The van der Waals surface area contributed by atoms with Crippen LogP contribution in [0.3, 0.4) is 0 Å². The number of carbonyl (C=O) groups is 2. The second-order valence-electron chi connectivity index (χ2n) is 3.89. The lowest BCUT2D eigenvalue weighted by Crippen LogP contribution is -2.41. The summed E-state index contributed by atoms with van der Waals surface area (Å²) in [5.74, 6) is -0.915. The van der Waals surface area contributed by atoms with E-state index in [9.17, 15) is 9.59 Å². The molecule has 0 aromatic rings. The van der Waals surface area contributed by atoms with Crippen LogP contribution >= 0.6 is 0 Å². The van der Waals surface area contributed by atoms with E-state index in [2.05, 4.69) is 5.32 Å². The standard InChI is InChI=1S/C10H18N2O4/c1-12(7-8-3-2-6-16-8)10(15)11-5-4-9(13)14/h8H,2-7H2,1H3,(H,11,15)(H,13,14). The van der Waals surface area contributed by atoms with Crippen LogP contribution in [0, 0.1) is 0 Å². The molecule has 2 amide bonds. The molecule has 0 aromatic carbocycles. The second kappa shape index (κ2) is 6.32. The van der Waals surface area contributed by atoms with Crippen molar-refractivity contribution in [2.75, 3.05) is 26.7 Å². The number of rotatable bonds is 5. The molecule has 0 bridgehead atoms. The molecule has 92 valence electrons. The molecule has 6 nitrogen and oxygen atoms in total. The van der Waals surface area contributed by atoms with Crippen LogP contribution in [-0.2, 0) is 9.53 Å². The van der Waals surface area contributed by atoms with E-state index in [0.717, 1.165) is 19.4 Å². The van der Waals surface area contributed by atoms with E-state index >= 15 is 0 Å². The fraction of sp³-hybridized carbons (Fsp3) is 0.800. The molecular weight excluding hydrogens is 212 g/mol. The smallest absolute Gasteiger partial charge is 0.317 e. The van der Waals surface area contributed by atoms with Crippen molar-refractivity contribution in [1.29, 1.82) is 0 Å². The van der Waals surface area contributed by atoms with Gasteiger partial charge in [-0.05, 0) is 12.8 Å². The van der Waals surface area contributed by atoms with Crippen LogP contribution in [0.25, 0.3) is 0 Å². The molecule has 0 aliphatic carbocycles. The van der Waals surface area contributed by atoms with Crippen LogP contribution in [0.15, 0.2) is 0 Å². The Morgan fingerprint density at radius 2 is 2.31 bits per heavy atom. The number of likely N-dealkylation sites (N-methyl/N-ethyl adjacent to an activating group) is 1. The molecule has 1 rings (SSSR count). The van der Waals surface area contributed by atoms with Gasteiger partial charge in [0.1, 0.15) is 0 Å². The number of nitrogens with zero attached hydrogens (tertiary/aromatic N) is 1. The summed E-state index contributed by atoms with van der Waals surface area (Å²) in [5, 5.41) is 10.9. The Balaban J connectivity index is 2.16. The zero-order valence-electron chi connectivity index (χ0n) is 9.44. The predicted octanol–water partition coefficient (Wildman–Crippen LogP) is 0.281. The van der Waals surface area contributed by atoms with E-state index in [1.165, 1.54) is 4.90 Å². The Labute approximate surface area is 94.6 Å².